The van der Waals surface area contributed by atoms with Crippen LogP contribution in [0.3, 0.4) is 0 Å². The minimum absolute atomic E-state index is 0.960. The van der Waals surface area contributed by atoms with Gasteiger partial charge >= 0.3 is 0 Å². The molecule has 0 unspecified atom stereocenters. The van der Waals surface area contributed by atoms with Gasteiger partial charge < -0.3 is 0 Å². The summed E-state index contributed by atoms with van der Waals surface area (Å²) in [5.74, 6) is 0. The van der Waals surface area contributed by atoms with E-state index in [0.29, 0.717) is 0 Å². The van der Waals surface area contributed by atoms with Gasteiger partial charge in [0, 0.05) is 18.0 Å². The Balaban J connectivity index is 2.06. The Morgan fingerprint density at radius 1 is 1.06 bits per heavy atom. The van der Waals surface area contributed by atoms with Crippen LogP contribution < -0.4 is 0 Å². The number of pyridine rings is 2. The molecule has 18 heavy (non-hydrogen) atoms. The lowest BCUT2D eigenvalue weighted by molar-refractivity contribution is 1.18. The predicted octanol–water partition coefficient (Wildman–Crippen LogP) is 3.51. The van der Waals surface area contributed by atoms with E-state index in [1.165, 1.54) is 22.1 Å². The van der Waals surface area contributed by atoms with Crippen LogP contribution >= 0.6 is 0 Å². The maximum absolute atomic E-state index is 4.78. The van der Waals surface area contributed by atoms with E-state index < -0.39 is 0 Å². The average Bonchev–Trinajstić information content (AvgIpc) is 2.76. The van der Waals surface area contributed by atoms with Crippen LogP contribution in [0, 0.1) is 6.92 Å². The molecule has 1 aliphatic rings. The van der Waals surface area contributed by atoms with Gasteiger partial charge in [-0.2, -0.15) is 0 Å². The number of para-hydroxylation sites is 1. The number of hydrogen-bond acceptors (Lipinski definition) is 2. The van der Waals surface area contributed by atoms with Crippen molar-refractivity contribution in [3.63, 3.8) is 0 Å². The molecule has 2 nitrogen and oxygen atoms in total. The Hall–Kier alpha value is -2.22. The van der Waals surface area contributed by atoms with Crippen LogP contribution in [0.2, 0.25) is 0 Å². The zero-order chi connectivity index (χ0) is 12.1. The summed E-state index contributed by atoms with van der Waals surface area (Å²) in [4.78, 5) is 9.28. The lowest BCUT2D eigenvalue weighted by atomic mass is 10.1. The van der Waals surface area contributed by atoms with E-state index in [1.54, 1.807) is 0 Å². The van der Waals surface area contributed by atoms with Gasteiger partial charge in [-0.25, -0.2) is 4.98 Å². The number of aromatic nitrogens is 2. The fourth-order valence-electron chi connectivity index (χ4n) is 2.71. The van der Waals surface area contributed by atoms with Crippen LogP contribution in [-0.2, 0) is 6.42 Å². The maximum atomic E-state index is 4.78. The van der Waals surface area contributed by atoms with E-state index in [1.807, 2.05) is 12.3 Å². The van der Waals surface area contributed by atoms with Gasteiger partial charge in [-0.05, 0) is 41.8 Å². The molecule has 2 heterocycles. The van der Waals surface area contributed by atoms with E-state index in [-0.39, 0.29) is 0 Å². The van der Waals surface area contributed by atoms with Gasteiger partial charge in [-0.3, -0.25) is 4.98 Å². The molecule has 0 aliphatic heterocycles. The lowest BCUT2D eigenvalue weighted by Gasteiger charge is -2.02. The van der Waals surface area contributed by atoms with Crippen molar-refractivity contribution in [3.05, 3.63) is 59.3 Å². The SMILES string of the molecule is Cc1ccnc2c1Cc1cc3ccccc3nc1-2. The summed E-state index contributed by atoms with van der Waals surface area (Å²) in [5, 5.41) is 1.21. The van der Waals surface area contributed by atoms with Crippen LogP contribution in [0.5, 0.6) is 0 Å². The number of benzene rings is 1. The van der Waals surface area contributed by atoms with Gasteiger partial charge in [0.15, 0.2) is 0 Å². The summed E-state index contributed by atoms with van der Waals surface area (Å²) >= 11 is 0. The largest absolute Gasteiger partial charge is 0.254 e. The van der Waals surface area contributed by atoms with Gasteiger partial charge in [0.1, 0.15) is 0 Å². The molecule has 0 saturated heterocycles. The molecular formula is C16H12N2. The fourth-order valence-corrected chi connectivity index (χ4v) is 2.71. The van der Waals surface area contributed by atoms with Crippen LogP contribution in [0.25, 0.3) is 22.3 Å². The van der Waals surface area contributed by atoms with E-state index in [4.69, 9.17) is 4.98 Å². The second-order valence-electron chi connectivity index (χ2n) is 4.82. The number of nitrogens with zero attached hydrogens (tertiary/aromatic N) is 2. The van der Waals surface area contributed by atoms with E-state index >= 15 is 0 Å². The molecule has 0 fully saturated rings. The van der Waals surface area contributed by atoms with Gasteiger partial charge in [-0.1, -0.05) is 18.2 Å². The summed E-state index contributed by atoms with van der Waals surface area (Å²) in [5.41, 5.74) is 7.11. The number of fused-ring (bicyclic) bond motifs is 4. The highest BCUT2D eigenvalue weighted by Crippen LogP contribution is 2.36. The lowest BCUT2D eigenvalue weighted by Crippen LogP contribution is -1.89. The quantitative estimate of drug-likeness (QED) is 0.463. The molecule has 0 N–H and O–H groups in total. The van der Waals surface area contributed by atoms with Crippen LogP contribution in [0.4, 0.5) is 0 Å². The standard InChI is InChI=1S/C16H12N2/c1-10-6-7-17-16-13(10)9-12-8-11-4-2-3-5-14(11)18-15(12)16/h2-8H,9H2,1H3. The third-order valence-electron chi connectivity index (χ3n) is 3.68. The van der Waals surface area contributed by atoms with Crippen molar-refractivity contribution in [2.24, 2.45) is 0 Å². The van der Waals surface area contributed by atoms with Crippen LogP contribution in [0.1, 0.15) is 16.7 Å². The first kappa shape index (κ1) is 9.77. The van der Waals surface area contributed by atoms with Crippen molar-refractivity contribution in [2.45, 2.75) is 13.3 Å². The Morgan fingerprint density at radius 3 is 2.89 bits per heavy atom. The maximum Gasteiger partial charge on any atom is 0.0932 e. The first-order chi connectivity index (χ1) is 8.83. The molecular weight excluding hydrogens is 220 g/mol. The number of hydrogen-bond donors (Lipinski definition) is 0. The fraction of sp³-hybridized carbons (Fsp3) is 0.125. The summed E-state index contributed by atoms with van der Waals surface area (Å²) in [7, 11) is 0. The van der Waals surface area contributed by atoms with E-state index in [2.05, 4.69) is 42.2 Å². The summed E-state index contributed by atoms with van der Waals surface area (Å²) in [6.07, 6.45) is 2.84. The molecule has 0 atom stereocenters. The Morgan fingerprint density at radius 2 is 1.94 bits per heavy atom. The van der Waals surface area contributed by atoms with Crippen molar-refractivity contribution in [2.75, 3.05) is 0 Å². The first-order valence-electron chi connectivity index (χ1n) is 6.16. The van der Waals surface area contributed by atoms with Gasteiger partial charge in [0.2, 0.25) is 0 Å². The Bertz CT molecular complexity index is 775. The predicted molar refractivity (Wildman–Crippen MR) is 72.5 cm³/mol. The molecule has 0 radical (unpaired) electrons. The average molecular weight is 232 g/mol. The third-order valence-corrected chi connectivity index (χ3v) is 3.68. The normalized spacial score (nSPS) is 12.5. The minimum atomic E-state index is 0.960. The molecule has 1 aromatic carbocycles. The highest BCUT2D eigenvalue weighted by atomic mass is 14.8. The molecule has 1 aliphatic carbocycles. The van der Waals surface area contributed by atoms with Crippen molar-refractivity contribution in [1.82, 2.24) is 9.97 Å². The zero-order valence-corrected chi connectivity index (χ0v) is 10.1. The van der Waals surface area contributed by atoms with Gasteiger partial charge in [-0.15, -0.1) is 0 Å². The van der Waals surface area contributed by atoms with E-state index in [0.717, 1.165) is 23.3 Å². The summed E-state index contributed by atoms with van der Waals surface area (Å²) < 4.78 is 0. The smallest absolute Gasteiger partial charge is 0.0932 e. The topological polar surface area (TPSA) is 25.8 Å². The van der Waals surface area contributed by atoms with Crippen LogP contribution in [-0.4, -0.2) is 9.97 Å². The molecule has 2 heteroatoms. The Kier molecular flexibility index (Phi) is 1.84. The molecule has 0 amide bonds. The van der Waals surface area contributed by atoms with Crippen LogP contribution in [0.15, 0.2) is 42.6 Å². The van der Waals surface area contributed by atoms with Crippen molar-refractivity contribution >= 4 is 10.9 Å². The molecule has 0 saturated carbocycles. The molecule has 4 rings (SSSR count). The summed E-state index contributed by atoms with van der Waals surface area (Å²) in [6.45, 7) is 2.14. The number of aryl methyl sites for hydroxylation is 1. The number of rotatable bonds is 0. The second-order valence-corrected chi connectivity index (χ2v) is 4.82. The highest BCUT2D eigenvalue weighted by Gasteiger charge is 2.22. The second kappa shape index (κ2) is 3.39. The highest BCUT2D eigenvalue weighted by molar-refractivity contribution is 5.85. The van der Waals surface area contributed by atoms with Crippen molar-refractivity contribution < 1.29 is 0 Å². The monoisotopic (exact) mass is 232 g/mol. The van der Waals surface area contributed by atoms with Crippen molar-refractivity contribution in [3.8, 4) is 11.4 Å². The summed E-state index contributed by atoms with van der Waals surface area (Å²) in [6, 6.07) is 12.6. The molecule has 2 aromatic heterocycles. The molecule has 86 valence electrons. The van der Waals surface area contributed by atoms with Gasteiger partial charge in [0.25, 0.3) is 0 Å². The van der Waals surface area contributed by atoms with E-state index in [9.17, 15) is 0 Å². The third kappa shape index (κ3) is 1.23. The molecule has 0 spiro atoms. The Labute approximate surface area is 105 Å². The first-order valence-corrected chi connectivity index (χ1v) is 6.16. The minimum Gasteiger partial charge on any atom is -0.254 e. The van der Waals surface area contributed by atoms with Crippen molar-refractivity contribution in [1.29, 1.82) is 0 Å². The van der Waals surface area contributed by atoms with Gasteiger partial charge in [0.05, 0.1) is 16.9 Å². The zero-order valence-electron chi connectivity index (χ0n) is 10.1. The molecule has 3 aromatic rings. The molecule has 0 bridgehead atoms.